The Morgan fingerprint density at radius 1 is 1.53 bits per heavy atom. The van der Waals surface area contributed by atoms with E-state index in [4.69, 9.17) is 0 Å². The van der Waals surface area contributed by atoms with Crippen molar-refractivity contribution in [3.8, 4) is 0 Å². The lowest BCUT2D eigenvalue weighted by Gasteiger charge is -2.15. The summed E-state index contributed by atoms with van der Waals surface area (Å²) in [5.41, 5.74) is 2.65. The van der Waals surface area contributed by atoms with E-state index >= 15 is 0 Å². The van der Waals surface area contributed by atoms with Crippen LogP contribution in [0.2, 0.25) is 0 Å². The highest BCUT2D eigenvalue weighted by atomic mass is 16.1. The van der Waals surface area contributed by atoms with Crippen LogP contribution >= 0.6 is 0 Å². The van der Waals surface area contributed by atoms with E-state index in [1.165, 1.54) is 11.9 Å². The Bertz CT molecular complexity index is 482. The maximum atomic E-state index is 12.2. The van der Waals surface area contributed by atoms with E-state index < -0.39 is 0 Å². The molecule has 0 saturated heterocycles. The second-order valence-corrected chi connectivity index (χ2v) is 4.98. The molecule has 0 aromatic carbocycles. The number of aromatic nitrogens is 2. The molecule has 0 unspecified atom stereocenters. The molecular formula is C14H20N4O. The standard InChI is InChI=1S/C14H20N4O/c1-10(2)13-12(8-16-9-18-13)14(19)17-7-11-3-5-15-6-4-11/h3,8-10,15H,4-7H2,1-2H3,(H,17,19). The normalized spacial score (nSPS) is 15.2. The van der Waals surface area contributed by atoms with E-state index in [1.54, 1.807) is 6.20 Å². The van der Waals surface area contributed by atoms with Gasteiger partial charge in [0.2, 0.25) is 0 Å². The van der Waals surface area contributed by atoms with Gasteiger partial charge in [0.15, 0.2) is 0 Å². The van der Waals surface area contributed by atoms with Crippen LogP contribution < -0.4 is 10.6 Å². The molecule has 5 nitrogen and oxygen atoms in total. The van der Waals surface area contributed by atoms with Gasteiger partial charge in [-0.3, -0.25) is 4.79 Å². The lowest BCUT2D eigenvalue weighted by Crippen LogP contribution is -2.30. The first-order valence-corrected chi connectivity index (χ1v) is 6.65. The first kappa shape index (κ1) is 13.7. The van der Waals surface area contributed by atoms with Crippen molar-refractivity contribution in [3.05, 3.63) is 35.4 Å². The van der Waals surface area contributed by atoms with Crippen LogP contribution in [0.5, 0.6) is 0 Å². The highest BCUT2D eigenvalue weighted by Gasteiger charge is 2.15. The summed E-state index contributed by atoms with van der Waals surface area (Å²) in [6.07, 6.45) is 6.20. The highest BCUT2D eigenvalue weighted by Crippen LogP contribution is 2.15. The third-order valence-electron chi connectivity index (χ3n) is 3.17. The second-order valence-electron chi connectivity index (χ2n) is 4.98. The second kappa shape index (κ2) is 6.43. The molecule has 0 fully saturated rings. The van der Waals surface area contributed by atoms with Gasteiger partial charge < -0.3 is 10.6 Å². The molecule has 102 valence electrons. The summed E-state index contributed by atoms with van der Waals surface area (Å²) < 4.78 is 0. The van der Waals surface area contributed by atoms with Crippen molar-refractivity contribution < 1.29 is 4.79 Å². The average molecular weight is 260 g/mol. The van der Waals surface area contributed by atoms with Gasteiger partial charge in [0.25, 0.3) is 5.91 Å². The third-order valence-corrected chi connectivity index (χ3v) is 3.17. The summed E-state index contributed by atoms with van der Waals surface area (Å²) in [5, 5.41) is 6.20. The van der Waals surface area contributed by atoms with Gasteiger partial charge in [-0.05, 0) is 18.9 Å². The number of carbonyl (C=O) groups is 1. The lowest BCUT2D eigenvalue weighted by molar-refractivity contribution is 0.0954. The smallest absolute Gasteiger partial charge is 0.254 e. The Balaban J connectivity index is 2.01. The molecule has 2 heterocycles. The van der Waals surface area contributed by atoms with Crippen LogP contribution in [0.15, 0.2) is 24.2 Å². The van der Waals surface area contributed by atoms with Crippen molar-refractivity contribution in [1.29, 1.82) is 0 Å². The van der Waals surface area contributed by atoms with Crippen molar-refractivity contribution >= 4 is 5.91 Å². The fourth-order valence-electron chi connectivity index (χ4n) is 2.09. The Labute approximate surface area is 113 Å². The van der Waals surface area contributed by atoms with Crippen molar-refractivity contribution in [2.24, 2.45) is 0 Å². The predicted molar refractivity (Wildman–Crippen MR) is 74.0 cm³/mol. The van der Waals surface area contributed by atoms with Crippen LogP contribution in [0.1, 0.15) is 42.2 Å². The average Bonchev–Trinajstić information content (AvgIpc) is 2.46. The topological polar surface area (TPSA) is 66.9 Å². The van der Waals surface area contributed by atoms with Crippen LogP contribution in [0.25, 0.3) is 0 Å². The van der Waals surface area contributed by atoms with Gasteiger partial charge in [0.05, 0.1) is 11.3 Å². The SMILES string of the molecule is CC(C)c1ncncc1C(=O)NCC1=CCNCC1. The zero-order valence-electron chi connectivity index (χ0n) is 11.4. The van der Waals surface area contributed by atoms with E-state index in [1.807, 2.05) is 13.8 Å². The Hall–Kier alpha value is -1.75. The number of nitrogens with zero attached hydrogens (tertiary/aromatic N) is 2. The maximum absolute atomic E-state index is 12.2. The van der Waals surface area contributed by atoms with E-state index in [2.05, 4.69) is 26.7 Å². The van der Waals surface area contributed by atoms with Crippen molar-refractivity contribution in [2.45, 2.75) is 26.2 Å². The molecule has 1 aliphatic heterocycles. The van der Waals surface area contributed by atoms with Crippen molar-refractivity contribution in [3.63, 3.8) is 0 Å². The van der Waals surface area contributed by atoms with Gasteiger partial charge in [0.1, 0.15) is 6.33 Å². The van der Waals surface area contributed by atoms with Crippen LogP contribution in [0, 0.1) is 0 Å². The minimum atomic E-state index is -0.0938. The van der Waals surface area contributed by atoms with E-state index in [0.717, 1.165) is 25.2 Å². The molecular weight excluding hydrogens is 240 g/mol. The summed E-state index contributed by atoms with van der Waals surface area (Å²) >= 11 is 0. The van der Waals surface area contributed by atoms with Gasteiger partial charge in [-0.25, -0.2) is 9.97 Å². The number of amides is 1. The fraction of sp³-hybridized carbons (Fsp3) is 0.500. The van der Waals surface area contributed by atoms with Gasteiger partial charge in [0, 0.05) is 19.3 Å². The van der Waals surface area contributed by atoms with Crippen LogP contribution in [-0.4, -0.2) is 35.5 Å². The quantitative estimate of drug-likeness (QED) is 0.800. The summed E-state index contributed by atoms with van der Waals surface area (Å²) in [4.78, 5) is 20.3. The molecule has 1 aromatic heterocycles. The van der Waals surface area contributed by atoms with Gasteiger partial charge in [-0.15, -0.1) is 0 Å². The van der Waals surface area contributed by atoms with Crippen molar-refractivity contribution in [1.82, 2.24) is 20.6 Å². The molecule has 1 amide bonds. The minimum absolute atomic E-state index is 0.0938. The molecule has 1 aliphatic rings. The molecule has 5 heteroatoms. The molecule has 0 radical (unpaired) electrons. The Morgan fingerprint density at radius 2 is 2.37 bits per heavy atom. The molecule has 2 N–H and O–H groups in total. The lowest BCUT2D eigenvalue weighted by atomic mass is 10.0. The minimum Gasteiger partial charge on any atom is -0.348 e. The maximum Gasteiger partial charge on any atom is 0.254 e. The third kappa shape index (κ3) is 3.61. The van der Waals surface area contributed by atoms with Crippen molar-refractivity contribution in [2.75, 3.05) is 19.6 Å². The largest absolute Gasteiger partial charge is 0.348 e. The highest BCUT2D eigenvalue weighted by molar-refractivity contribution is 5.95. The summed E-state index contributed by atoms with van der Waals surface area (Å²) in [5.74, 6) is 0.116. The molecule has 0 bridgehead atoms. The van der Waals surface area contributed by atoms with Crippen LogP contribution in [-0.2, 0) is 0 Å². The molecule has 0 saturated carbocycles. The molecule has 19 heavy (non-hydrogen) atoms. The first-order chi connectivity index (χ1) is 9.18. The summed E-state index contributed by atoms with van der Waals surface area (Å²) in [7, 11) is 0. The monoisotopic (exact) mass is 260 g/mol. The van der Waals surface area contributed by atoms with Gasteiger partial charge in [-0.2, -0.15) is 0 Å². The number of hydrogen-bond acceptors (Lipinski definition) is 4. The number of carbonyl (C=O) groups excluding carboxylic acids is 1. The van der Waals surface area contributed by atoms with Gasteiger partial charge in [-0.1, -0.05) is 25.5 Å². The first-order valence-electron chi connectivity index (χ1n) is 6.65. The zero-order chi connectivity index (χ0) is 13.7. The van der Waals surface area contributed by atoms with E-state index in [-0.39, 0.29) is 11.8 Å². The predicted octanol–water partition coefficient (Wildman–Crippen LogP) is 1.25. The summed E-state index contributed by atoms with van der Waals surface area (Å²) in [6, 6.07) is 0. The van der Waals surface area contributed by atoms with E-state index in [0.29, 0.717) is 12.1 Å². The van der Waals surface area contributed by atoms with Crippen LogP contribution in [0.4, 0.5) is 0 Å². The number of hydrogen-bond donors (Lipinski definition) is 2. The molecule has 0 aliphatic carbocycles. The summed E-state index contributed by atoms with van der Waals surface area (Å²) in [6.45, 7) is 6.51. The molecule has 0 spiro atoms. The number of rotatable bonds is 4. The molecule has 0 atom stereocenters. The zero-order valence-corrected chi connectivity index (χ0v) is 11.4. The fourth-order valence-corrected chi connectivity index (χ4v) is 2.09. The Kier molecular flexibility index (Phi) is 4.63. The number of nitrogens with one attached hydrogen (secondary N) is 2. The molecule has 2 rings (SSSR count). The van der Waals surface area contributed by atoms with Gasteiger partial charge >= 0.3 is 0 Å². The van der Waals surface area contributed by atoms with E-state index in [9.17, 15) is 4.79 Å². The Morgan fingerprint density at radius 3 is 3.05 bits per heavy atom. The van der Waals surface area contributed by atoms with Crippen LogP contribution in [0.3, 0.4) is 0 Å². The molecule has 1 aromatic rings.